The number of benzene rings is 3. The fraction of sp³-hybridized carbons (Fsp3) is 0.208. The zero-order valence-electron chi connectivity index (χ0n) is 18.0. The van der Waals surface area contributed by atoms with Gasteiger partial charge in [-0.25, -0.2) is 8.42 Å². The minimum absolute atomic E-state index is 0.136. The van der Waals surface area contributed by atoms with Crippen molar-refractivity contribution in [1.82, 2.24) is 0 Å². The van der Waals surface area contributed by atoms with Gasteiger partial charge in [-0.1, -0.05) is 38.1 Å². The maximum atomic E-state index is 13.0. The van der Waals surface area contributed by atoms with Crippen molar-refractivity contribution in [1.29, 1.82) is 0 Å². The minimum Gasteiger partial charge on any atom is -0.497 e. The second-order valence-corrected chi connectivity index (χ2v) is 9.36. The van der Waals surface area contributed by atoms with Gasteiger partial charge in [0.05, 0.1) is 17.7 Å². The Balaban J connectivity index is 1.86. The van der Waals surface area contributed by atoms with Crippen LogP contribution in [0.1, 0.15) is 35.7 Å². The van der Waals surface area contributed by atoms with E-state index >= 15 is 0 Å². The molecular formula is C24H26N2O4S. The second-order valence-electron chi connectivity index (χ2n) is 7.39. The Morgan fingerprint density at radius 1 is 0.968 bits per heavy atom. The van der Waals surface area contributed by atoms with Crippen molar-refractivity contribution in [3.63, 3.8) is 0 Å². The molecule has 0 heterocycles. The summed E-state index contributed by atoms with van der Waals surface area (Å²) in [7, 11) is -0.808. The molecule has 3 rings (SSSR count). The number of nitrogens with one attached hydrogen (secondary N) is 1. The summed E-state index contributed by atoms with van der Waals surface area (Å²) < 4.78 is 32.3. The van der Waals surface area contributed by atoms with Gasteiger partial charge in [-0.2, -0.15) is 0 Å². The average molecular weight is 439 g/mol. The summed E-state index contributed by atoms with van der Waals surface area (Å²) in [6.07, 6.45) is 0. The van der Waals surface area contributed by atoms with Crippen molar-refractivity contribution in [2.75, 3.05) is 23.8 Å². The van der Waals surface area contributed by atoms with E-state index in [2.05, 4.69) is 19.2 Å². The van der Waals surface area contributed by atoms with Crippen molar-refractivity contribution < 1.29 is 17.9 Å². The van der Waals surface area contributed by atoms with Gasteiger partial charge in [-0.15, -0.1) is 0 Å². The Kier molecular flexibility index (Phi) is 6.65. The number of carbonyl (C=O) groups is 1. The van der Waals surface area contributed by atoms with Crippen LogP contribution in [0.15, 0.2) is 77.7 Å². The molecule has 7 heteroatoms. The number of methoxy groups -OCH3 is 1. The summed E-state index contributed by atoms with van der Waals surface area (Å²) in [6.45, 7) is 4.12. The lowest BCUT2D eigenvalue weighted by atomic mass is 10.0. The van der Waals surface area contributed by atoms with Crippen LogP contribution in [-0.4, -0.2) is 28.5 Å². The van der Waals surface area contributed by atoms with Crippen LogP contribution in [0, 0.1) is 0 Å². The van der Waals surface area contributed by atoms with E-state index < -0.39 is 10.0 Å². The Morgan fingerprint density at radius 2 is 1.65 bits per heavy atom. The smallest absolute Gasteiger partial charge is 0.264 e. The Labute approximate surface area is 183 Å². The summed E-state index contributed by atoms with van der Waals surface area (Å²) >= 11 is 0. The normalized spacial score (nSPS) is 11.3. The maximum Gasteiger partial charge on any atom is 0.264 e. The Hall–Kier alpha value is -3.32. The van der Waals surface area contributed by atoms with E-state index in [9.17, 15) is 13.2 Å². The lowest BCUT2D eigenvalue weighted by Crippen LogP contribution is -2.27. The summed E-state index contributed by atoms with van der Waals surface area (Å²) in [5, 5.41) is 2.94. The lowest BCUT2D eigenvalue weighted by molar-refractivity contribution is 0.102. The highest BCUT2D eigenvalue weighted by molar-refractivity contribution is 7.92. The number of rotatable bonds is 7. The number of carbonyl (C=O) groups excluding carboxylic acids is 1. The second kappa shape index (κ2) is 9.22. The molecule has 0 fully saturated rings. The molecule has 0 saturated heterocycles. The molecule has 0 saturated carbocycles. The number of ether oxygens (including phenoxy) is 1. The Bertz CT molecular complexity index is 1170. The lowest BCUT2D eigenvalue weighted by Gasteiger charge is -2.20. The highest BCUT2D eigenvalue weighted by atomic mass is 32.2. The van der Waals surface area contributed by atoms with E-state index in [4.69, 9.17) is 4.74 Å². The molecule has 1 amide bonds. The largest absolute Gasteiger partial charge is 0.497 e. The van der Waals surface area contributed by atoms with Crippen LogP contribution in [0.3, 0.4) is 0 Å². The van der Waals surface area contributed by atoms with Crippen LogP contribution in [0.5, 0.6) is 5.75 Å². The molecule has 0 aromatic heterocycles. The minimum atomic E-state index is -3.79. The first kappa shape index (κ1) is 22.4. The standard InChI is InChI=1S/C24H26N2O4S/c1-17(2)22-10-5-6-11-23(22)25-24(27)18-8-7-9-19(16-18)26(3)31(28,29)21-14-12-20(30-4)13-15-21/h5-17H,1-4H3,(H,25,27). The topological polar surface area (TPSA) is 75.7 Å². The number of amides is 1. The number of hydrogen-bond donors (Lipinski definition) is 1. The first-order valence-electron chi connectivity index (χ1n) is 9.87. The molecule has 0 spiro atoms. The first-order valence-corrected chi connectivity index (χ1v) is 11.3. The number of nitrogens with zero attached hydrogens (tertiary/aromatic N) is 1. The van der Waals surface area contributed by atoms with E-state index in [1.807, 2.05) is 24.3 Å². The molecule has 0 aliphatic carbocycles. The summed E-state index contributed by atoms with van der Waals surface area (Å²) in [5.41, 5.74) is 2.53. The molecule has 31 heavy (non-hydrogen) atoms. The number of para-hydroxylation sites is 1. The van der Waals surface area contributed by atoms with Gasteiger partial charge in [0.15, 0.2) is 0 Å². The molecule has 1 N–H and O–H groups in total. The quantitative estimate of drug-likeness (QED) is 0.569. The van der Waals surface area contributed by atoms with Crippen molar-refractivity contribution in [2.45, 2.75) is 24.7 Å². The molecule has 0 aliphatic heterocycles. The summed E-state index contributed by atoms with van der Waals surface area (Å²) in [5.74, 6) is 0.524. The molecule has 0 atom stereocenters. The van der Waals surface area contributed by atoms with Gasteiger partial charge >= 0.3 is 0 Å². The van der Waals surface area contributed by atoms with Crippen molar-refractivity contribution in [3.05, 3.63) is 83.9 Å². The molecular weight excluding hydrogens is 412 g/mol. The number of sulfonamides is 1. The molecule has 3 aromatic rings. The predicted octanol–water partition coefficient (Wildman–Crippen LogP) is 4.90. The van der Waals surface area contributed by atoms with E-state index in [0.717, 1.165) is 15.6 Å². The van der Waals surface area contributed by atoms with E-state index in [0.29, 0.717) is 17.0 Å². The predicted molar refractivity (Wildman–Crippen MR) is 124 cm³/mol. The van der Waals surface area contributed by atoms with E-state index in [1.54, 1.807) is 36.4 Å². The zero-order valence-corrected chi connectivity index (χ0v) is 18.8. The Morgan fingerprint density at radius 3 is 2.29 bits per heavy atom. The van der Waals surface area contributed by atoms with Gasteiger partial charge in [0.2, 0.25) is 0 Å². The van der Waals surface area contributed by atoms with Crippen LogP contribution in [0.2, 0.25) is 0 Å². The van der Waals surface area contributed by atoms with Crippen LogP contribution in [0.4, 0.5) is 11.4 Å². The molecule has 0 aliphatic rings. The van der Waals surface area contributed by atoms with Gasteiger partial charge in [-0.05, 0) is 60.0 Å². The van der Waals surface area contributed by atoms with Gasteiger partial charge in [0.25, 0.3) is 15.9 Å². The van der Waals surface area contributed by atoms with Gasteiger partial charge in [0, 0.05) is 18.3 Å². The average Bonchev–Trinajstić information content (AvgIpc) is 2.78. The van der Waals surface area contributed by atoms with E-state index in [1.165, 1.54) is 26.3 Å². The van der Waals surface area contributed by atoms with Crippen molar-refractivity contribution in [2.24, 2.45) is 0 Å². The summed E-state index contributed by atoms with van der Waals surface area (Å²) in [4.78, 5) is 13.0. The SMILES string of the molecule is COc1ccc(S(=O)(=O)N(C)c2cccc(C(=O)Nc3ccccc3C(C)C)c2)cc1. The van der Waals surface area contributed by atoms with Crippen LogP contribution < -0.4 is 14.4 Å². The molecule has 162 valence electrons. The molecule has 3 aromatic carbocycles. The molecule has 0 radical (unpaired) electrons. The van der Waals surface area contributed by atoms with Gasteiger partial charge < -0.3 is 10.1 Å². The first-order chi connectivity index (χ1) is 14.7. The van der Waals surface area contributed by atoms with Crippen LogP contribution in [-0.2, 0) is 10.0 Å². The molecule has 0 unspecified atom stereocenters. The number of anilines is 2. The third kappa shape index (κ3) is 4.88. The molecule has 0 bridgehead atoms. The third-order valence-electron chi connectivity index (χ3n) is 5.02. The zero-order chi connectivity index (χ0) is 22.6. The van der Waals surface area contributed by atoms with Crippen LogP contribution >= 0.6 is 0 Å². The van der Waals surface area contributed by atoms with Gasteiger partial charge in [-0.3, -0.25) is 9.10 Å². The van der Waals surface area contributed by atoms with Crippen LogP contribution in [0.25, 0.3) is 0 Å². The van der Waals surface area contributed by atoms with Crippen molar-refractivity contribution in [3.8, 4) is 5.75 Å². The summed E-state index contributed by atoms with van der Waals surface area (Å²) in [6, 6.07) is 20.3. The van der Waals surface area contributed by atoms with E-state index in [-0.39, 0.29) is 16.7 Å². The van der Waals surface area contributed by atoms with Crippen molar-refractivity contribution >= 4 is 27.3 Å². The monoisotopic (exact) mass is 438 g/mol. The fourth-order valence-electron chi connectivity index (χ4n) is 3.20. The third-order valence-corrected chi connectivity index (χ3v) is 6.82. The molecule has 6 nitrogen and oxygen atoms in total. The number of hydrogen-bond acceptors (Lipinski definition) is 4. The fourth-order valence-corrected chi connectivity index (χ4v) is 4.38. The highest BCUT2D eigenvalue weighted by Gasteiger charge is 2.22. The van der Waals surface area contributed by atoms with Gasteiger partial charge in [0.1, 0.15) is 5.75 Å². The maximum absolute atomic E-state index is 13.0. The highest BCUT2D eigenvalue weighted by Crippen LogP contribution is 2.26.